The molecule has 6 rings (SSSR count). The fraction of sp³-hybridized carbons (Fsp3) is 0.550. The second-order valence-corrected chi connectivity index (χ2v) is 8.98. The smallest absolute Gasteiger partial charge is 0.258 e. The molecule has 28 heavy (non-hydrogen) atoms. The molecule has 148 valence electrons. The fourth-order valence-electron chi connectivity index (χ4n) is 4.63. The minimum Gasteiger partial charge on any atom is -0.484 e. The summed E-state index contributed by atoms with van der Waals surface area (Å²) >= 11 is 5.64. The molecule has 0 aliphatic heterocycles. The Labute approximate surface area is 166 Å². The van der Waals surface area contributed by atoms with Crippen molar-refractivity contribution in [2.75, 3.05) is 6.61 Å². The number of halogens is 2. The van der Waals surface area contributed by atoms with Gasteiger partial charge in [0.2, 0.25) is 11.8 Å². The monoisotopic (exact) mass is 405 g/mol. The number of benzene rings is 1. The summed E-state index contributed by atoms with van der Waals surface area (Å²) in [5.74, 6) is 1.93. The predicted molar refractivity (Wildman–Crippen MR) is 98.7 cm³/mol. The summed E-state index contributed by atoms with van der Waals surface area (Å²) < 4.78 is 24.7. The van der Waals surface area contributed by atoms with Gasteiger partial charge in [0.1, 0.15) is 11.6 Å². The van der Waals surface area contributed by atoms with Gasteiger partial charge in [-0.3, -0.25) is 4.79 Å². The average Bonchev–Trinajstić information content (AvgIpc) is 3.34. The van der Waals surface area contributed by atoms with E-state index >= 15 is 0 Å². The molecule has 0 saturated heterocycles. The summed E-state index contributed by atoms with van der Waals surface area (Å²) in [7, 11) is 0. The quantitative estimate of drug-likeness (QED) is 0.759. The molecule has 1 N–H and O–H groups in total. The molecule has 1 heterocycles. The lowest BCUT2D eigenvalue weighted by Crippen LogP contribution is -2.77. The highest BCUT2D eigenvalue weighted by molar-refractivity contribution is 6.30. The SMILES string of the molecule is C[C@@H](c1nnc(C23CC(NC(=O)COc4ccc(Cl)c(F)c4)(C2)C3)o1)C1CC1. The highest BCUT2D eigenvalue weighted by Crippen LogP contribution is 2.67. The van der Waals surface area contributed by atoms with Crippen molar-refractivity contribution in [2.45, 2.75) is 55.9 Å². The van der Waals surface area contributed by atoms with Gasteiger partial charge in [-0.25, -0.2) is 4.39 Å². The second kappa shape index (κ2) is 6.17. The van der Waals surface area contributed by atoms with Crippen LogP contribution in [0.4, 0.5) is 4.39 Å². The van der Waals surface area contributed by atoms with Gasteiger partial charge in [0, 0.05) is 17.5 Å². The van der Waals surface area contributed by atoms with Gasteiger partial charge in [0.25, 0.3) is 5.91 Å². The molecule has 0 radical (unpaired) electrons. The van der Waals surface area contributed by atoms with E-state index in [4.69, 9.17) is 20.8 Å². The van der Waals surface area contributed by atoms with Gasteiger partial charge < -0.3 is 14.5 Å². The largest absolute Gasteiger partial charge is 0.484 e. The van der Waals surface area contributed by atoms with Crippen molar-refractivity contribution in [2.24, 2.45) is 5.92 Å². The van der Waals surface area contributed by atoms with Crippen molar-refractivity contribution in [1.82, 2.24) is 15.5 Å². The van der Waals surface area contributed by atoms with E-state index in [-0.39, 0.29) is 34.2 Å². The topological polar surface area (TPSA) is 77.2 Å². The summed E-state index contributed by atoms with van der Waals surface area (Å²) in [5.41, 5.74) is -0.287. The van der Waals surface area contributed by atoms with Crippen LogP contribution in [-0.4, -0.2) is 28.3 Å². The van der Waals surface area contributed by atoms with E-state index in [1.807, 2.05) is 0 Å². The van der Waals surface area contributed by atoms with Crippen LogP contribution in [0.5, 0.6) is 5.75 Å². The van der Waals surface area contributed by atoms with Crippen LogP contribution < -0.4 is 10.1 Å². The number of amides is 1. The maximum absolute atomic E-state index is 13.4. The van der Waals surface area contributed by atoms with E-state index in [9.17, 15) is 9.18 Å². The highest BCUT2D eigenvalue weighted by Gasteiger charge is 2.71. The van der Waals surface area contributed by atoms with E-state index < -0.39 is 5.82 Å². The van der Waals surface area contributed by atoms with Crippen molar-refractivity contribution >= 4 is 17.5 Å². The standard InChI is InChI=1S/C20H21ClFN3O3/c1-11(12-2-3-12)17-24-25-18(28-17)19-8-20(9-19,10-19)23-16(26)7-27-13-4-5-14(21)15(22)6-13/h4-6,11-12H,2-3,7-10H2,1H3,(H,23,26)/t11-,19?,20?/m1/s1. The molecule has 4 aliphatic carbocycles. The van der Waals surface area contributed by atoms with Gasteiger partial charge in [0.05, 0.1) is 10.4 Å². The molecule has 6 nitrogen and oxygen atoms in total. The maximum Gasteiger partial charge on any atom is 0.258 e. The van der Waals surface area contributed by atoms with Crippen molar-refractivity contribution in [3.63, 3.8) is 0 Å². The molecular formula is C20H21ClFN3O3. The van der Waals surface area contributed by atoms with Crippen molar-refractivity contribution in [3.8, 4) is 5.75 Å². The number of nitrogens with zero attached hydrogens (tertiary/aromatic N) is 2. The molecule has 4 fully saturated rings. The molecule has 4 saturated carbocycles. The van der Waals surface area contributed by atoms with Crippen LogP contribution >= 0.6 is 11.6 Å². The summed E-state index contributed by atoms with van der Waals surface area (Å²) in [6.45, 7) is 1.98. The minimum absolute atomic E-state index is 0.0201. The molecule has 4 aliphatic rings. The van der Waals surface area contributed by atoms with Crippen LogP contribution in [0.2, 0.25) is 5.02 Å². The van der Waals surface area contributed by atoms with Crippen molar-refractivity contribution < 1.29 is 18.3 Å². The van der Waals surface area contributed by atoms with E-state index in [2.05, 4.69) is 22.4 Å². The second-order valence-electron chi connectivity index (χ2n) is 8.58. The van der Waals surface area contributed by atoms with Gasteiger partial charge in [-0.1, -0.05) is 18.5 Å². The number of carbonyl (C=O) groups excluding carboxylic acids is 1. The first-order valence-corrected chi connectivity index (χ1v) is 9.99. The number of rotatable bonds is 7. The van der Waals surface area contributed by atoms with Gasteiger partial charge in [-0.15, -0.1) is 10.2 Å². The third-order valence-electron chi connectivity index (χ3n) is 6.31. The lowest BCUT2D eigenvalue weighted by atomic mass is 9.39. The number of hydrogen-bond acceptors (Lipinski definition) is 5. The van der Waals surface area contributed by atoms with Crippen LogP contribution in [0.3, 0.4) is 0 Å². The van der Waals surface area contributed by atoms with Crippen LogP contribution in [0.1, 0.15) is 56.7 Å². The lowest BCUT2D eigenvalue weighted by Gasteiger charge is -2.68. The summed E-state index contributed by atoms with van der Waals surface area (Å²) in [6, 6.07) is 4.10. The summed E-state index contributed by atoms with van der Waals surface area (Å²) in [6.07, 6.45) is 4.90. The first-order valence-electron chi connectivity index (χ1n) is 9.61. The Hall–Kier alpha value is -2.15. The number of nitrogens with one attached hydrogen (secondary N) is 1. The average molecular weight is 406 g/mol. The van der Waals surface area contributed by atoms with E-state index in [0.717, 1.165) is 25.2 Å². The van der Waals surface area contributed by atoms with Gasteiger partial charge >= 0.3 is 0 Å². The van der Waals surface area contributed by atoms with E-state index in [0.29, 0.717) is 17.7 Å². The highest BCUT2D eigenvalue weighted by atomic mass is 35.5. The van der Waals surface area contributed by atoms with E-state index in [1.165, 1.54) is 31.0 Å². The molecular weight excluding hydrogens is 385 g/mol. The molecule has 2 aromatic rings. The Morgan fingerprint density at radius 1 is 1.39 bits per heavy atom. The lowest BCUT2D eigenvalue weighted by molar-refractivity contribution is -0.143. The summed E-state index contributed by atoms with van der Waals surface area (Å²) in [5, 5.41) is 11.6. The van der Waals surface area contributed by atoms with Gasteiger partial charge in [0.15, 0.2) is 6.61 Å². The van der Waals surface area contributed by atoms with Crippen LogP contribution in [-0.2, 0) is 10.2 Å². The maximum atomic E-state index is 13.4. The predicted octanol–water partition coefficient (Wildman–Crippen LogP) is 3.74. The Kier molecular flexibility index (Phi) is 3.95. The van der Waals surface area contributed by atoms with Gasteiger partial charge in [-0.05, 0) is 50.2 Å². The molecule has 0 unspecified atom stereocenters. The van der Waals surface area contributed by atoms with Gasteiger partial charge in [-0.2, -0.15) is 0 Å². The molecule has 1 amide bonds. The Morgan fingerprint density at radius 2 is 2.14 bits per heavy atom. The van der Waals surface area contributed by atoms with Crippen molar-refractivity contribution in [1.29, 1.82) is 0 Å². The first-order chi connectivity index (χ1) is 13.4. The van der Waals surface area contributed by atoms with Crippen molar-refractivity contribution in [3.05, 3.63) is 40.8 Å². The Bertz CT molecular complexity index is 923. The normalized spacial score (nSPS) is 28.8. The van der Waals surface area contributed by atoms with Crippen LogP contribution in [0.15, 0.2) is 22.6 Å². The molecule has 1 aromatic heterocycles. The first kappa shape index (κ1) is 17.9. The summed E-state index contributed by atoms with van der Waals surface area (Å²) in [4.78, 5) is 12.2. The number of aromatic nitrogens is 2. The Balaban J connectivity index is 1.13. The zero-order valence-corrected chi connectivity index (χ0v) is 16.3. The molecule has 1 atom stereocenters. The number of hydrogen-bond donors (Lipinski definition) is 1. The number of ether oxygens (including phenoxy) is 1. The third-order valence-corrected chi connectivity index (χ3v) is 6.62. The molecule has 0 spiro atoms. The van der Waals surface area contributed by atoms with E-state index in [1.54, 1.807) is 0 Å². The minimum atomic E-state index is -0.573. The zero-order valence-electron chi connectivity index (χ0n) is 15.5. The zero-order chi connectivity index (χ0) is 19.5. The fourth-order valence-corrected chi connectivity index (χ4v) is 4.74. The van der Waals surface area contributed by atoms with Crippen LogP contribution in [0.25, 0.3) is 0 Å². The Morgan fingerprint density at radius 3 is 2.82 bits per heavy atom. The number of carbonyl (C=O) groups is 1. The molecule has 8 heteroatoms. The molecule has 2 bridgehead atoms. The van der Waals surface area contributed by atoms with Crippen LogP contribution in [0, 0.1) is 11.7 Å². The third kappa shape index (κ3) is 2.96. The molecule has 1 aromatic carbocycles.